The zero-order valence-electron chi connectivity index (χ0n) is 7.92. The lowest BCUT2D eigenvalue weighted by Crippen LogP contribution is -2.20. The number of phenols is 1. The molecule has 0 saturated carbocycles. The Hall–Kier alpha value is -1.49. The predicted molar refractivity (Wildman–Crippen MR) is 58.4 cm³/mol. The summed E-state index contributed by atoms with van der Waals surface area (Å²) in [4.78, 5) is 0. The van der Waals surface area contributed by atoms with Crippen molar-refractivity contribution in [2.24, 2.45) is 0 Å². The number of phenolic OH excluding ortho intramolecular Hbond substituents is 1. The van der Waals surface area contributed by atoms with Crippen LogP contribution in [-0.4, -0.2) is 25.3 Å². The molecule has 0 fully saturated rings. The largest absolute Gasteiger partial charge is 0.508 e. The number of hydrogen-bond acceptors (Lipinski definition) is 4. The molecule has 80 valence electrons. The number of sulfone groups is 1. The first-order valence-electron chi connectivity index (χ1n) is 4.52. The molecule has 0 spiro atoms. The fourth-order valence-electron chi connectivity index (χ4n) is 1.44. The molecular formula is C10H11NO3S. The Balaban J connectivity index is 2.05. The zero-order valence-corrected chi connectivity index (χ0v) is 8.74. The van der Waals surface area contributed by atoms with E-state index in [1.807, 2.05) is 0 Å². The molecule has 1 unspecified atom stereocenters. The highest BCUT2D eigenvalue weighted by atomic mass is 32.2. The lowest BCUT2D eigenvalue weighted by molar-refractivity contribution is 0.475. The molecule has 1 heterocycles. The van der Waals surface area contributed by atoms with Crippen molar-refractivity contribution in [2.75, 3.05) is 11.1 Å². The van der Waals surface area contributed by atoms with Crippen LogP contribution >= 0.6 is 0 Å². The molecule has 1 atom stereocenters. The SMILES string of the molecule is O=S1(=O)C=CC(Nc2ccc(O)cc2)C1. The van der Waals surface area contributed by atoms with Gasteiger partial charge in [-0.15, -0.1) is 0 Å². The molecule has 15 heavy (non-hydrogen) atoms. The maximum atomic E-state index is 11.1. The lowest BCUT2D eigenvalue weighted by Gasteiger charge is -2.11. The van der Waals surface area contributed by atoms with Gasteiger partial charge in [-0.3, -0.25) is 0 Å². The summed E-state index contributed by atoms with van der Waals surface area (Å²) in [5.74, 6) is 0.281. The van der Waals surface area contributed by atoms with E-state index in [1.54, 1.807) is 30.3 Å². The molecule has 0 radical (unpaired) electrons. The maximum Gasteiger partial charge on any atom is 0.173 e. The number of benzene rings is 1. The molecule has 4 nitrogen and oxygen atoms in total. The van der Waals surface area contributed by atoms with Crippen LogP contribution in [0.25, 0.3) is 0 Å². The van der Waals surface area contributed by atoms with Gasteiger partial charge in [0.05, 0.1) is 11.8 Å². The van der Waals surface area contributed by atoms with Crippen molar-refractivity contribution < 1.29 is 13.5 Å². The van der Waals surface area contributed by atoms with Crippen LogP contribution in [0, 0.1) is 0 Å². The van der Waals surface area contributed by atoms with Crippen LogP contribution < -0.4 is 5.32 Å². The maximum absolute atomic E-state index is 11.1. The molecule has 0 aromatic heterocycles. The van der Waals surface area contributed by atoms with Crippen LogP contribution in [-0.2, 0) is 9.84 Å². The minimum Gasteiger partial charge on any atom is -0.508 e. The van der Waals surface area contributed by atoms with Crippen molar-refractivity contribution >= 4 is 15.5 Å². The minimum absolute atomic E-state index is 0.0911. The topological polar surface area (TPSA) is 66.4 Å². The summed E-state index contributed by atoms with van der Waals surface area (Å²) in [6, 6.07) is 6.33. The Morgan fingerprint density at radius 1 is 1.27 bits per heavy atom. The van der Waals surface area contributed by atoms with E-state index in [9.17, 15) is 8.42 Å². The summed E-state index contributed by atoms with van der Waals surface area (Å²) >= 11 is 0. The van der Waals surface area contributed by atoms with Gasteiger partial charge in [0.1, 0.15) is 5.75 Å². The average Bonchev–Trinajstić information content (AvgIpc) is 2.50. The highest BCUT2D eigenvalue weighted by Crippen LogP contribution is 2.17. The van der Waals surface area contributed by atoms with E-state index in [0.29, 0.717) is 0 Å². The van der Waals surface area contributed by atoms with Crippen molar-refractivity contribution in [3.05, 3.63) is 35.7 Å². The van der Waals surface area contributed by atoms with E-state index in [0.717, 1.165) is 5.69 Å². The Morgan fingerprint density at radius 2 is 1.93 bits per heavy atom. The molecule has 1 aliphatic rings. The predicted octanol–water partition coefficient (Wildman–Crippen LogP) is 1.11. The third-order valence-corrected chi connectivity index (χ3v) is 3.54. The van der Waals surface area contributed by atoms with E-state index in [1.165, 1.54) is 5.41 Å². The molecule has 0 bridgehead atoms. The minimum atomic E-state index is -3.02. The summed E-state index contributed by atoms with van der Waals surface area (Å²) in [7, 11) is -3.02. The lowest BCUT2D eigenvalue weighted by atomic mass is 10.2. The second kappa shape index (κ2) is 3.58. The Morgan fingerprint density at radius 3 is 2.47 bits per heavy atom. The van der Waals surface area contributed by atoms with Crippen LogP contribution in [0.15, 0.2) is 35.7 Å². The highest BCUT2D eigenvalue weighted by molar-refractivity contribution is 7.94. The number of rotatable bonds is 2. The fraction of sp³-hybridized carbons (Fsp3) is 0.200. The van der Waals surface area contributed by atoms with E-state index in [-0.39, 0.29) is 17.5 Å². The van der Waals surface area contributed by atoms with Gasteiger partial charge >= 0.3 is 0 Å². The molecule has 1 aromatic carbocycles. The number of nitrogens with one attached hydrogen (secondary N) is 1. The molecule has 1 aliphatic heterocycles. The van der Waals surface area contributed by atoms with Crippen LogP contribution in [0.2, 0.25) is 0 Å². The Kier molecular flexibility index (Phi) is 2.40. The van der Waals surface area contributed by atoms with Crippen molar-refractivity contribution in [3.8, 4) is 5.75 Å². The summed E-state index contributed by atoms with van der Waals surface area (Å²) in [5.41, 5.74) is 0.791. The third-order valence-electron chi connectivity index (χ3n) is 2.15. The van der Waals surface area contributed by atoms with Gasteiger partial charge in [0, 0.05) is 11.1 Å². The van der Waals surface area contributed by atoms with E-state index in [4.69, 9.17) is 5.11 Å². The molecule has 0 amide bonds. The molecule has 2 rings (SSSR count). The van der Waals surface area contributed by atoms with Crippen LogP contribution in [0.3, 0.4) is 0 Å². The summed E-state index contributed by atoms with van der Waals surface area (Å²) in [5, 5.41) is 13.3. The first-order chi connectivity index (χ1) is 7.05. The highest BCUT2D eigenvalue weighted by Gasteiger charge is 2.21. The molecule has 0 aliphatic carbocycles. The Labute approximate surface area is 88.2 Å². The van der Waals surface area contributed by atoms with Gasteiger partial charge in [-0.1, -0.05) is 6.08 Å². The fourth-order valence-corrected chi connectivity index (χ4v) is 2.67. The van der Waals surface area contributed by atoms with Gasteiger partial charge in [0.2, 0.25) is 0 Å². The number of aromatic hydroxyl groups is 1. The summed E-state index contributed by atoms with van der Waals surface area (Å²) in [6.07, 6.45) is 1.63. The van der Waals surface area contributed by atoms with Gasteiger partial charge in [-0.25, -0.2) is 8.42 Å². The summed E-state index contributed by atoms with van der Waals surface area (Å²) in [6.45, 7) is 0. The van der Waals surface area contributed by atoms with Crippen molar-refractivity contribution in [1.29, 1.82) is 0 Å². The third kappa shape index (κ3) is 2.50. The molecule has 0 saturated heterocycles. The second-order valence-electron chi connectivity index (χ2n) is 3.46. The number of anilines is 1. The van der Waals surface area contributed by atoms with Gasteiger partial charge < -0.3 is 10.4 Å². The Bertz CT molecular complexity index is 476. The summed E-state index contributed by atoms with van der Waals surface area (Å²) < 4.78 is 22.2. The van der Waals surface area contributed by atoms with E-state index >= 15 is 0 Å². The van der Waals surface area contributed by atoms with Crippen molar-refractivity contribution in [3.63, 3.8) is 0 Å². The van der Waals surface area contributed by atoms with E-state index < -0.39 is 9.84 Å². The molecule has 1 aromatic rings. The number of hydrogen-bond donors (Lipinski definition) is 2. The van der Waals surface area contributed by atoms with Gasteiger partial charge in [-0.2, -0.15) is 0 Å². The van der Waals surface area contributed by atoms with Crippen LogP contribution in [0.5, 0.6) is 5.75 Å². The van der Waals surface area contributed by atoms with Crippen LogP contribution in [0.4, 0.5) is 5.69 Å². The first kappa shape index (κ1) is 10.0. The van der Waals surface area contributed by atoms with Gasteiger partial charge in [0.25, 0.3) is 0 Å². The standard InChI is InChI=1S/C10H11NO3S/c12-10-3-1-8(2-4-10)11-9-5-6-15(13,14)7-9/h1-6,9,11-12H,7H2. The van der Waals surface area contributed by atoms with Crippen molar-refractivity contribution in [1.82, 2.24) is 0 Å². The first-order valence-corrected chi connectivity index (χ1v) is 6.23. The normalized spacial score (nSPS) is 22.8. The van der Waals surface area contributed by atoms with Crippen LogP contribution in [0.1, 0.15) is 0 Å². The molecular weight excluding hydrogens is 214 g/mol. The average molecular weight is 225 g/mol. The molecule has 2 N–H and O–H groups in total. The smallest absolute Gasteiger partial charge is 0.173 e. The zero-order chi connectivity index (χ0) is 10.9. The van der Waals surface area contributed by atoms with Gasteiger partial charge in [0.15, 0.2) is 9.84 Å². The van der Waals surface area contributed by atoms with Gasteiger partial charge in [-0.05, 0) is 24.3 Å². The second-order valence-corrected chi connectivity index (χ2v) is 5.39. The monoisotopic (exact) mass is 225 g/mol. The van der Waals surface area contributed by atoms with Crippen molar-refractivity contribution in [2.45, 2.75) is 6.04 Å². The van der Waals surface area contributed by atoms with E-state index in [2.05, 4.69) is 5.32 Å². The molecule has 5 heteroatoms. The quantitative estimate of drug-likeness (QED) is 0.740.